The highest BCUT2D eigenvalue weighted by Crippen LogP contribution is 2.35. The third-order valence-corrected chi connectivity index (χ3v) is 9.16. The van der Waals surface area contributed by atoms with Crippen LogP contribution in [-0.4, -0.2) is 42.9 Å². The average molecular weight is 645 g/mol. The van der Waals surface area contributed by atoms with Gasteiger partial charge in [0.2, 0.25) is 5.43 Å². The van der Waals surface area contributed by atoms with Gasteiger partial charge < -0.3 is 29.8 Å². The van der Waals surface area contributed by atoms with Gasteiger partial charge in [0.1, 0.15) is 11.4 Å². The van der Waals surface area contributed by atoms with E-state index in [1.807, 2.05) is 78.4 Å². The highest BCUT2D eigenvalue weighted by molar-refractivity contribution is 6.04. The van der Waals surface area contributed by atoms with Gasteiger partial charge in [-0.1, -0.05) is 48.0 Å². The molecule has 48 heavy (non-hydrogen) atoms. The summed E-state index contributed by atoms with van der Waals surface area (Å²) in [7, 11) is 3.19. The van der Waals surface area contributed by atoms with E-state index >= 15 is 0 Å². The molecule has 2 aromatic heterocycles. The van der Waals surface area contributed by atoms with Gasteiger partial charge in [0.05, 0.1) is 14.2 Å². The SMILES string of the molecule is COc1ccc(-c2cnc(N)c(-c3ccc(NC(=O)c4cn([C@@H](C)C5CCOCC5)cc(-c5ccc(C)cc5)c4=O)cc3)c2)cc1OC. The van der Waals surface area contributed by atoms with Crippen molar-refractivity contribution in [3.63, 3.8) is 0 Å². The van der Waals surface area contributed by atoms with Crippen LogP contribution in [0.1, 0.15) is 41.7 Å². The van der Waals surface area contributed by atoms with Gasteiger partial charge in [-0.15, -0.1) is 0 Å². The van der Waals surface area contributed by atoms with Gasteiger partial charge in [-0.2, -0.15) is 0 Å². The molecule has 9 heteroatoms. The number of carbonyl (C=O) groups excluding carboxylic acids is 1. The number of nitrogens with zero attached hydrogens (tertiary/aromatic N) is 2. The van der Waals surface area contributed by atoms with Crippen LogP contribution in [0.5, 0.6) is 11.5 Å². The molecule has 246 valence electrons. The summed E-state index contributed by atoms with van der Waals surface area (Å²) in [5.41, 5.74) is 12.3. The first-order chi connectivity index (χ1) is 23.2. The topological polar surface area (TPSA) is 118 Å². The van der Waals surface area contributed by atoms with Crippen molar-refractivity contribution in [1.82, 2.24) is 9.55 Å². The molecule has 3 N–H and O–H groups in total. The van der Waals surface area contributed by atoms with Gasteiger partial charge in [0, 0.05) is 60.2 Å². The van der Waals surface area contributed by atoms with E-state index in [1.54, 1.807) is 38.7 Å². The van der Waals surface area contributed by atoms with Crippen molar-refractivity contribution in [1.29, 1.82) is 0 Å². The quantitative estimate of drug-likeness (QED) is 0.172. The molecule has 0 radical (unpaired) electrons. The largest absolute Gasteiger partial charge is 0.493 e. The third-order valence-electron chi connectivity index (χ3n) is 9.16. The Morgan fingerprint density at radius 2 is 1.52 bits per heavy atom. The van der Waals surface area contributed by atoms with Crippen LogP contribution in [0.2, 0.25) is 0 Å². The Morgan fingerprint density at radius 1 is 0.875 bits per heavy atom. The monoisotopic (exact) mass is 644 g/mol. The average Bonchev–Trinajstić information content (AvgIpc) is 3.12. The van der Waals surface area contributed by atoms with E-state index in [9.17, 15) is 9.59 Å². The molecule has 9 nitrogen and oxygen atoms in total. The van der Waals surface area contributed by atoms with Crippen LogP contribution in [0, 0.1) is 12.8 Å². The molecule has 0 unspecified atom stereocenters. The molecule has 1 saturated heterocycles. The predicted octanol–water partition coefficient (Wildman–Crippen LogP) is 7.39. The number of benzene rings is 3. The summed E-state index contributed by atoms with van der Waals surface area (Å²) in [5, 5.41) is 2.94. The number of pyridine rings is 2. The molecule has 3 heterocycles. The molecule has 1 fully saturated rings. The summed E-state index contributed by atoms with van der Waals surface area (Å²) >= 11 is 0. The van der Waals surface area contributed by atoms with Gasteiger partial charge in [0.15, 0.2) is 11.5 Å². The smallest absolute Gasteiger partial charge is 0.261 e. The zero-order valence-corrected chi connectivity index (χ0v) is 27.7. The first-order valence-electron chi connectivity index (χ1n) is 16.1. The number of anilines is 2. The Kier molecular flexibility index (Phi) is 9.59. The summed E-state index contributed by atoms with van der Waals surface area (Å²) < 4.78 is 18.4. The number of rotatable bonds is 9. The number of nitrogens with two attached hydrogens (primary N) is 1. The molecule has 0 spiro atoms. The minimum absolute atomic E-state index is 0.0818. The number of aromatic nitrogens is 2. The normalized spacial score (nSPS) is 13.9. The fourth-order valence-electron chi connectivity index (χ4n) is 6.19. The van der Waals surface area contributed by atoms with Crippen molar-refractivity contribution in [2.75, 3.05) is 38.5 Å². The second kappa shape index (κ2) is 14.1. The van der Waals surface area contributed by atoms with Crippen LogP contribution in [-0.2, 0) is 4.74 Å². The second-order valence-electron chi connectivity index (χ2n) is 12.2. The maximum Gasteiger partial charge on any atom is 0.261 e. The molecule has 1 aliphatic heterocycles. The lowest BCUT2D eigenvalue weighted by Gasteiger charge is -2.30. The van der Waals surface area contributed by atoms with Crippen molar-refractivity contribution in [2.45, 2.75) is 32.7 Å². The Labute approximate surface area is 280 Å². The molecule has 6 rings (SSSR count). The molecule has 0 bridgehead atoms. The summed E-state index contributed by atoms with van der Waals surface area (Å²) in [6.07, 6.45) is 7.15. The standard InChI is InChI=1S/C39H40N4O5/c1-24-5-7-28(8-6-24)33-22-43(25(2)26-15-17-48-18-16-26)23-34(37(33)44)39(45)42-31-12-9-27(10-13-31)32-19-30(21-41-38(32)40)29-11-14-35(46-3)36(20-29)47-4/h5-14,19-23,25-26H,15-18H2,1-4H3,(H2,40,41)(H,42,45)/t25-/m0/s1. The summed E-state index contributed by atoms with van der Waals surface area (Å²) in [4.78, 5) is 32.0. The summed E-state index contributed by atoms with van der Waals surface area (Å²) in [6.45, 7) is 5.57. The van der Waals surface area contributed by atoms with Crippen molar-refractivity contribution in [3.05, 3.63) is 113 Å². The van der Waals surface area contributed by atoms with Crippen LogP contribution in [0.15, 0.2) is 96.2 Å². The maximum absolute atomic E-state index is 13.8. The van der Waals surface area contributed by atoms with E-state index in [1.165, 1.54) is 0 Å². The van der Waals surface area contributed by atoms with Gasteiger partial charge in [-0.05, 0) is 79.6 Å². The number of aryl methyl sites for hydroxylation is 1. The van der Waals surface area contributed by atoms with Crippen LogP contribution >= 0.6 is 0 Å². The lowest BCUT2D eigenvalue weighted by atomic mass is 9.92. The molecular formula is C39H40N4O5. The molecule has 1 amide bonds. The zero-order valence-electron chi connectivity index (χ0n) is 27.7. The number of nitrogens with one attached hydrogen (secondary N) is 1. The minimum atomic E-state index is -0.466. The fraction of sp³-hybridized carbons (Fsp3) is 0.256. The number of hydrogen-bond acceptors (Lipinski definition) is 7. The third kappa shape index (κ3) is 6.82. The number of carbonyl (C=O) groups is 1. The van der Waals surface area contributed by atoms with Crippen LogP contribution < -0.4 is 26.0 Å². The molecule has 1 aliphatic rings. The van der Waals surface area contributed by atoms with Crippen molar-refractivity contribution < 1.29 is 19.0 Å². The number of methoxy groups -OCH3 is 2. The van der Waals surface area contributed by atoms with Crippen LogP contribution in [0.3, 0.4) is 0 Å². The van der Waals surface area contributed by atoms with Gasteiger partial charge >= 0.3 is 0 Å². The lowest BCUT2D eigenvalue weighted by Crippen LogP contribution is -2.28. The Hall–Kier alpha value is -5.41. The predicted molar refractivity (Wildman–Crippen MR) is 190 cm³/mol. The lowest BCUT2D eigenvalue weighted by molar-refractivity contribution is 0.0512. The first kappa shape index (κ1) is 32.5. The Bertz CT molecular complexity index is 1980. The van der Waals surface area contributed by atoms with E-state index in [0.29, 0.717) is 47.7 Å². The Balaban J connectivity index is 1.28. The zero-order chi connectivity index (χ0) is 33.8. The number of ether oxygens (including phenoxy) is 3. The number of nitrogen functional groups attached to an aromatic ring is 1. The minimum Gasteiger partial charge on any atom is -0.493 e. The van der Waals surface area contributed by atoms with Crippen LogP contribution in [0.25, 0.3) is 33.4 Å². The van der Waals surface area contributed by atoms with E-state index < -0.39 is 5.91 Å². The van der Waals surface area contributed by atoms with Crippen LogP contribution in [0.4, 0.5) is 11.5 Å². The molecule has 0 aliphatic carbocycles. The fourth-order valence-corrected chi connectivity index (χ4v) is 6.19. The van der Waals surface area contributed by atoms with Gasteiger partial charge in [-0.25, -0.2) is 4.98 Å². The molecule has 1 atom stereocenters. The molecule has 0 saturated carbocycles. The van der Waals surface area contributed by atoms with Crippen molar-refractivity contribution in [2.24, 2.45) is 5.92 Å². The highest BCUT2D eigenvalue weighted by Gasteiger charge is 2.24. The second-order valence-corrected chi connectivity index (χ2v) is 12.2. The van der Waals surface area contributed by atoms with E-state index in [0.717, 1.165) is 46.2 Å². The van der Waals surface area contributed by atoms with E-state index in [2.05, 4.69) is 17.2 Å². The van der Waals surface area contributed by atoms with Crippen molar-refractivity contribution >= 4 is 17.4 Å². The van der Waals surface area contributed by atoms with Gasteiger partial charge in [-0.3, -0.25) is 9.59 Å². The summed E-state index contributed by atoms with van der Waals surface area (Å²) in [6, 6.07) is 22.8. The number of hydrogen-bond donors (Lipinski definition) is 2. The first-order valence-corrected chi connectivity index (χ1v) is 16.1. The molecular weight excluding hydrogens is 604 g/mol. The molecule has 5 aromatic rings. The van der Waals surface area contributed by atoms with E-state index in [-0.39, 0.29) is 17.0 Å². The summed E-state index contributed by atoms with van der Waals surface area (Å²) in [5.74, 6) is 1.54. The van der Waals surface area contributed by atoms with Gasteiger partial charge in [0.25, 0.3) is 5.91 Å². The maximum atomic E-state index is 13.8. The number of amides is 1. The molecule has 3 aromatic carbocycles. The van der Waals surface area contributed by atoms with Crippen molar-refractivity contribution in [3.8, 4) is 44.9 Å². The highest BCUT2D eigenvalue weighted by atomic mass is 16.5. The van der Waals surface area contributed by atoms with E-state index in [4.69, 9.17) is 19.9 Å². The Morgan fingerprint density at radius 3 is 2.21 bits per heavy atom.